The minimum atomic E-state index is 0.223. The summed E-state index contributed by atoms with van der Waals surface area (Å²) in [6.07, 6.45) is 1.63. The number of nitrogens with zero attached hydrogens (tertiary/aromatic N) is 2. The van der Waals surface area contributed by atoms with Gasteiger partial charge >= 0.3 is 0 Å². The lowest BCUT2D eigenvalue weighted by atomic mass is 10.3. The topological polar surface area (TPSA) is 37.8 Å². The highest BCUT2D eigenvalue weighted by Crippen LogP contribution is 2.31. The van der Waals surface area contributed by atoms with Crippen molar-refractivity contribution in [1.29, 1.82) is 0 Å². The van der Waals surface area contributed by atoms with Crippen LogP contribution in [0, 0.1) is 0 Å². The molecular formula is C12H11BrClN3S. The van der Waals surface area contributed by atoms with Crippen molar-refractivity contribution in [3.63, 3.8) is 0 Å². The molecule has 2 rings (SSSR count). The molecule has 2 aromatic rings. The average molecular weight is 345 g/mol. The van der Waals surface area contributed by atoms with Gasteiger partial charge in [-0.25, -0.2) is 4.98 Å². The lowest BCUT2D eigenvalue weighted by Crippen LogP contribution is -1.97. The van der Waals surface area contributed by atoms with Gasteiger partial charge in [0.2, 0.25) is 5.28 Å². The predicted molar refractivity (Wildman–Crippen MR) is 80.9 cm³/mol. The van der Waals surface area contributed by atoms with Crippen LogP contribution in [0.2, 0.25) is 5.28 Å². The van der Waals surface area contributed by atoms with Crippen LogP contribution < -0.4 is 5.32 Å². The summed E-state index contributed by atoms with van der Waals surface area (Å²) in [7, 11) is 0. The second-order valence-corrected chi connectivity index (χ2v) is 5.89. The van der Waals surface area contributed by atoms with Crippen molar-refractivity contribution in [2.45, 2.75) is 11.8 Å². The molecule has 0 saturated heterocycles. The van der Waals surface area contributed by atoms with E-state index in [1.807, 2.05) is 18.2 Å². The molecule has 0 aliphatic heterocycles. The molecule has 6 heteroatoms. The van der Waals surface area contributed by atoms with Crippen molar-refractivity contribution >= 4 is 50.8 Å². The van der Waals surface area contributed by atoms with Gasteiger partial charge < -0.3 is 5.32 Å². The van der Waals surface area contributed by atoms with Crippen LogP contribution in [0.1, 0.15) is 6.92 Å². The summed E-state index contributed by atoms with van der Waals surface area (Å²) >= 11 is 11.0. The highest BCUT2D eigenvalue weighted by Gasteiger charge is 2.07. The third-order valence-electron chi connectivity index (χ3n) is 2.15. The first kappa shape index (κ1) is 13.6. The van der Waals surface area contributed by atoms with E-state index in [-0.39, 0.29) is 5.28 Å². The zero-order valence-corrected chi connectivity index (χ0v) is 12.8. The standard InChI is InChI=1S/C12H11BrClN3S/c1-2-18-10-6-4-3-5-9(10)16-11-8(13)7-15-12(14)17-11/h3-7H,2H2,1H3,(H,15,16,17). The molecule has 1 aromatic heterocycles. The van der Waals surface area contributed by atoms with Crippen LogP contribution in [-0.4, -0.2) is 15.7 Å². The smallest absolute Gasteiger partial charge is 0.224 e. The quantitative estimate of drug-likeness (QED) is 0.641. The Hall–Kier alpha value is -0.780. The molecular weight excluding hydrogens is 334 g/mol. The van der Waals surface area contributed by atoms with Crippen LogP contribution in [0.3, 0.4) is 0 Å². The molecule has 18 heavy (non-hydrogen) atoms. The molecule has 1 heterocycles. The number of hydrogen-bond donors (Lipinski definition) is 1. The van der Waals surface area contributed by atoms with Crippen LogP contribution in [0.15, 0.2) is 39.8 Å². The number of para-hydroxylation sites is 1. The first-order valence-electron chi connectivity index (χ1n) is 5.37. The van der Waals surface area contributed by atoms with Gasteiger partial charge in [-0.15, -0.1) is 11.8 Å². The van der Waals surface area contributed by atoms with Crippen molar-refractivity contribution in [2.24, 2.45) is 0 Å². The van der Waals surface area contributed by atoms with E-state index in [1.165, 1.54) is 4.90 Å². The maximum Gasteiger partial charge on any atom is 0.224 e. The number of benzene rings is 1. The molecule has 0 atom stereocenters. The van der Waals surface area contributed by atoms with Gasteiger partial charge in [0, 0.05) is 11.1 Å². The van der Waals surface area contributed by atoms with Crippen molar-refractivity contribution in [2.75, 3.05) is 11.1 Å². The van der Waals surface area contributed by atoms with Gasteiger partial charge in [0.05, 0.1) is 10.2 Å². The van der Waals surface area contributed by atoms with Crippen LogP contribution in [0.5, 0.6) is 0 Å². The molecule has 0 saturated carbocycles. The van der Waals surface area contributed by atoms with Gasteiger partial charge in [-0.2, -0.15) is 4.98 Å². The van der Waals surface area contributed by atoms with Gasteiger partial charge in [0.25, 0.3) is 0 Å². The van der Waals surface area contributed by atoms with Gasteiger partial charge in [0.15, 0.2) is 0 Å². The molecule has 0 fully saturated rings. The van der Waals surface area contributed by atoms with Crippen LogP contribution in [0.4, 0.5) is 11.5 Å². The number of thioether (sulfide) groups is 1. The van der Waals surface area contributed by atoms with Gasteiger partial charge in [0.1, 0.15) is 5.82 Å². The number of rotatable bonds is 4. The Balaban J connectivity index is 2.30. The molecule has 0 unspecified atom stereocenters. The minimum Gasteiger partial charge on any atom is -0.338 e. The molecule has 1 N–H and O–H groups in total. The molecule has 1 aromatic carbocycles. The fourth-order valence-corrected chi connectivity index (χ4v) is 2.60. The molecule has 3 nitrogen and oxygen atoms in total. The highest BCUT2D eigenvalue weighted by molar-refractivity contribution is 9.10. The number of halogens is 2. The van der Waals surface area contributed by atoms with E-state index in [0.29, 0.717) is 5.82 Å². The first-order valence-corrected chi connectivity index (χ1v) is 7.53. The lowest BCUT2D eigenvalue weighted by molar-refractivity contribution is 1.15. The van der Waals surface area contributed by atoms with Crippen LogP contribution in [-0.2, 0) is 0 Å². The van der Waals surface area contributed by atoms with Gasteiger partial charge in [-0.1, -0.05) is 19.1 Å². The van der Waals surface area contributed by atoms with E-state index in [9.17, 15) is 0 Å². The summed E-state index contributed by atoms with van der Waals surface area (Å²) in [5, 5.41) is 3.49. The summed E-state index contributed by atoms with van der Waals surface area (Å²) < 4.78 is 0.781. The molecule has 0 bridgehead atoms. The first-order chi connectivity index (χ1) is 8.70. The normalized spacial score (nSPS) is 10.4. The van der Waals surface area contributed by atoms with Crippen molar-refractivity contribution < 1.29 is 0 Å². The molecule has 0 amide bonds. The second-order valence-electron chi connectivity index (χ2n) is 3.39. The Morgan fingerprint density at radius 2 is 2.17 bits per heavy atom. The Kier molecular flexibility index (Phi) is 4.86. The van der Waals surface area contributed by atoms with Crippen molar-refractivity contribution in [1.82, 2.24) is 9.97 Å². The lowest BCUT2D eigenvalue weighted by Gasteiger charge is -2.11. The fourth-order valence-electron chi connectivity index (χ4n) is 1.41. The number of aromatic nitrogens is 2. The Morgan fingerprint density at radius 3 is 2.94 bits per heavy atom. The zero-order chi connectivity index (χ0) is 13.0. The summed E-state index contributed by atoms with van der Waals surface area (Å²) in [6.45, 7) is 2.12. The van der Waals surface area contributed by atoms with Crippen LogP contribution in [0.25, 0.3) is 0 Å². The Labute approximate surface area is 124 Å². The summed E-state index contributed by atoms with van der Waals surface area (Å²) in [5.41, 5.74) is 1.01. The van der Waals surface area contributed by atoms with E-state index < -0.39 is 0 Å². The number of nitrogens with one attached hydrogen (secondary N) is 1. The average Bonchev–Trinajstić information content (AvgIpc) is 2.36. The number of anilines is 2. The highest BCUT2D eigenvalue weighted by atomic mass is 79.9. The number of hydrogen-bond acceptors (Lipinski definition) is 4. The Bertz CT molecular complexity index is 551. The predicted octanol–water partition coefficient (Wildman–Crippen LogP) is 4.75. The SMILES string of the molecule is CCSc1ccccc1Nc1nc(Cl)ncc1Br. The van der Waals surface area contributed by atoms with E-state index in [0.717, 1.165) is 15.9 Å². The van der Waals surface area contributed by atoms with Crippen molar-refractivity contribution in [3.05, 3.63) is 40.2 Å². The van der Waals surface area contributed by atoms with Crippen molar-refractivity contribution in [3.8, 4) is 0 Å². The Morgan fingerprint density at radius 1 is 1.39 bits per heavy atom. The van der Waals surface area contributed by atoms with E-state index in [1.54, 1.807) is 18.0 Å². The van der Waals surface area contributed by atoms with E-state index >= 15 is 0 Å². The molecule has 0 spiro atoms. The molecule has 0 aliphatic rings. The third-order valence-corrected chi connectivity index (χ3v) is 3.87. The van der Waals surface area contributed by atoms with E-state index in [2.05, 4.69) is 44.2 Å². The molecule has 0 radical (unpaired) electrons. The van der Waals surface area contributed by atoms with E-state index in [4.69, 9.17) is 11.6 Å². The monoisotopic (exact) mass is 343 g/mol. The summed E-state index contributed by atoms with van der Waals surface area (Å²) in [6, 6.07) is 8.09. The third kappa shape index (κ3) is 3.37. The summed E-state index contributed by atoms with van der Waals surface area (Å²) in [4.78, 5) is 9.24. The largest absolute Gasteiger partial charge is 0.338 e. The second kappa shape index (κ2) is 6.41. The summed E-state index contributed by atoms with van der Waals surface area (Å²) in [5.74, 6) is 1.68. The maximum atomic E-state index is 5.80. The zero-order valence-electron chi connectivity index (χ0n) is 9.65. The molecule has 0 aliphatic carbocycles. The van der Waals surface area contributed by atoms with Crippen LogP contribution >= 0.6 is 39.3 Å². The maximum absolute atomic E-state index is 5.80. The van der Waals surface area contributed by atoms with Gasteiger partial charge in [-0.3, -0.25) is 0 Å². The minimum absolute atomic E-state index is 0.223. The molecule has 94 valence electrons. The van der Waals surface area contributed by atoms with Gasteiger partial charge in [-0.05, 0) is 45.4 Å². The fraction of sp³-hybridized carbons (Fsp3) is 0.167.